The summed E-state index contributed by atoms with van der Waals surface area (Å²) in [7, 11) is 0. The Morgan fingerprint density at radius 3 is 0.653 bits per heavy atom. The van der Waals surface area contributed by atoms with Crippen LogP contribution in [0.15, 0.2) is 529 Å². The maximum atomic E-state index is 5.28. The van der Waals surface area contributed by atoms with Gasteiger partial charge in [-0.3, -0.25) is 15.0 Å². The van der Waals surface area contributed by atoms with Gasteiger partial charge in [-0.1, -0.05) is 406 Å². The van der Waals surface area contributed by atoms with Crippen molar-refractivity contribution >= 4 is 129 Å². The van der Waals surface area contributed by atoms with E-state index in [1.807, 2.05) is 49.1 Å². The summed E-state index contributed by atoms with van der Waals surface area (Å²) in [6, 6.07) is 175. The van der Waals surface area contributed by atoms with E-state index in [0.29, 0.717) is 17.5 Å². The summed E-state index contributed by atoms with van der Waals surface area (Å²) >= 11 is 0. The number of pyridine rings is 3. The predicted molar refractivity (Wildman–Crippen MR) is 625 cm³/mol. The lowest BCUT2D eigenvalue weighted by molar-refractivity contribution is 1.19. The third-order valence-corrected chi connectivity index (χ3v) is 29.8. The van der Waals surface area contributed by atoms with E-state index in [1.54, 1.807) is 12.4 Å². The van der Waals surface area contributed by atoms with Gasteiger partial charge in [-0.15, -0.1) is 0 Å². The Bertz CT molecular complexity index is 9980. The van der Waals surface area contributed by atoms with E-state index in [-0.39, 0.29) is 0 Å². The molecule has 0 N–H and O–H groups in total. The van der Waals surface area contributed by atoms with Crippen LogP contribution >= 0.6 is 0 Å². The number of aromatic nitrogens is 9. The Hall–Kier alpha value is -20.1. The molecule has 0 spiro atoms. The van der Waals surface area contributed by atoms with E-state index in [2.05, 4.69) is 482 Å². The fraction of sp³-hybridized carbons (Fsp3) is 0. The molecule has 30 rings (SSSR count). The standard InChI is InChI=1S/3C47H29N3/c1-2-7-36-26-38(20-15-30(36)6-1)31-13-16-32(17-14-31)43-28-44(39-11-4-10-37(27-39)40-12-5-25-48-29-40)50-47(49-43)42-24-22-35-19-18-33-8-3-9-34-21-23-41(42)46(35)45(33)34;1-2-6-38-27-39(21-14-30(38)5-1)31-10-15-33(16-11-31)43-28-44(34-17-12-32(13-18-34)40-9-4-26-48-29-40)50-47(49-43)42-25-23-37-20-19-35-7-3-8-36-22-24-41(42)46(37)45(35)36;1-2-5-39-28-40(19-12-30(39)4-1)32-10-15-35(16-11-32)44-29-43(34-13-8-31(9-14-34)33-24-26-48-27-25-33)49-47(50-44)42-23-21-38-18-17-36-6-3-7-37-20-22-41(42)46(38)45(36)37/h3*1-29H. The summed E-state index contributed by atoms with van der Waals surface area (Å²) in [5.41, 5.74) is 28.4. The van der Waals surface area contributed by atoms with Crippen LogP contribution < -0.4 is 0 Å². The van der Waals surface area contributed by atoms with E-state index < -0.39 is 0 Å². The Labute approximate surface area is 865 Å². The second kappa shape index (κ2) is 37.2. The molecule has 150 heavy (non-hydrogen) atoms. The molecule has 0 bridgehead atoms. The molecule has 0 amide bonds. The van der Waals surface area contributed by atoms with Crippen molar-refractivity contribution in [2.45, 2.75) is 0 Å². The first kappa shape index (κ1) is 87.6. The third-order valence-electron chi connectivity index (χ3n) is 29.8. The van der Waals surface area contributed by atoms with E-state index >= 15 is 0 Å². The van der Waals surface area contributed by atoms with Crippen molar-refractivity contribution in [3.8, 4) is 168 Å². The monoisotopic (exact) mass is 1910 g/mol. The van der Waals surface area contributed by atoms with Crippen LogP contribution in [0.5, 0.6) is 0 Å². The molecular weight excluding hydrogens is 1820 g/mol. The minimum Gasteiger partial charge on any atom is -0.265 e. The molecule has 0 radical (unpaired) electrons. The number of fused-ring (bicyclic) bond motifs is 3. The lowest BCUT2D eigenvalue weighted by atomic mass is 9.91. The fourth-order valence-electron chi connectivity index (χ4n) is 22.1. The first-order chi connectivity index (χ1) is 74.2. The number of nitrogens with zero attached hydrogens (tertiary/aromatic N) is 9. The van der Waals surface area contributed by atoms with E-state index in [9.17, 15) is 0 Å². The van der Waals surface area contributed by atoms with Crippen LogP contribution in [0.25, 0.3) is 298 Å². The molecule has 696 valence electrons. The molecule has 0 aliphatic carbocycles. The van der Waals surface area contributed by atoms with Crippen molar-refractivity contribution in [1.82, 2.24) is 44.9 Å². The zero-order valence-electron chi connectivity index (χ0n) is 81.3. The summed E-state index contributed by atoms with van der Waals surface area (Å²) in [5.74, 6) is 2.14. The van der Waals surface area contributed by atoms with Gasteiger partial charge in [0.2, 0.25) is 0 Å². The zero-order valence-corrected chi connectivity index (χ0v) is 81.3. The minimum absolute atomic E-state index is 0.709. The maximum absolute atomic E-state index is 5.28. The summed E-state index contributed by atoms with van der Waals surface area (Å²) < 4.78 is 0. The highest BCUT2D eigenvalue weighted by molar-refractivity contribution is 6.28. The Morgan fingerprint density at radius 1 is 0.113 bits per heavy atom. The van der Waals surface area contributed by atoms with Crippen LogP contribution in [0.2, 0.25) is 0 Å². The van der Waals surface area contributed by atoms with Crippen LogP contribution in [-0.4, -0.2) is 44.9 Å². The third kappa shape index (κ3) is 16.3. The average Bonchev–Trinajstić information content (AvgIpc) is 0.736. The van der Waals surface area contributed by atoms with E-state index in [1.165, 1.54) is 146 Å². The first-order valence-electron chi connectivity index (χ1n) is 50.7. The predicted octanol–water partition coefficient (Wildman–Crippen LogP) is 36.8. The van der Waals surface area contributed by atoms with Crippen LogP contribution in [0.3, 0.4) is 0 Å². The SMILES string of the molecule is c1ccc2cc(-c3ccc(-c4cc(-c5ccc(-c6ccncc6)cc5)nc(-c5ccc6ccc7cccc8ccc5c6c78)n4)cc3)ccc2c1.c1cncc(-c2ccc(-c3cc(-c4ccc(-c5ccc6ccccc6c5)cc4)nc(-c4ccc5ccc6cccc7ccc4c5c67)n3)cc2)c1.c1cncc(-c2cccc(-c3cc(-c4ccc(-c5ccc6ccccc6c5)cc4)nc(-c4ccc5ccc6cccc7ccc4c5c67)n3)c2)c1. The van der Waals surface area contributed by atoms with Crippen LogP contribution in [0.1, 0.15) is 0 Å². The van der Waals surface area contributed by atoms with Gasteiger partial charge < -0.3 is 0 Å². The van der Waals surface area contributed by atoms with Gasteiger partial charge >= 0.3 is 0 Å². The number of benzene rings is 24. The van der Waals surface area contributed by atoms with Gasteiger partial charge in [0.05, 0.1) is 34.2 Å². The van der Waals surface area contributed by atoms with Gasteiger partial charge in [0, 0.05) is 92.8 Å². The lowest BCUT2D eigenvalue weighted by Gasteiger charge is -2.15. The van der Waals surface area contributed by atoms with Crippen molar-refractivity contribution in [3.63, 3.8) is 0 Å². The minimum atomic E-state index is 0.709. The summed E-state index contributed by atoms with van der Waals surface area (Å²) in [4.78, 5) is 44.5. The van der Waals surface area contributed by atoms with Crippen LogP contribution in [0.4, 0.5) is 0 Å². The van der Waals surface area contributed by atoms with Crippen LogP contribution in [-0.2, 0) is 0 Å². The molecule has 0 atom stereocenters. The second-order valence-electron chi connectivity index (χ2n) is 38.7. The highest BCUT2D eigenvalue weighted by Gasteiger charge is 2.24. The van der Waals surface area contributed by atoms with Crippen molar-refractivity contribution in [3.05, 3.63) is 529 Å². The quantitative estimate of drug-likeness (QED) is 0.0925. The summed E-state index contributed by atoms with van der Waals surface area (Å²) in [5, 5.41) is 29.7. The molecule has 0 saturated heterocycles. The van der Waals surface area contributed by atoms with E-state index in [4.69, 9.17) is 29.9 Å². The van der Waals surface area contributed by atoms with Crippen molar-refractivity contribution in [1.29, 1.82) is 0 Å². The number of hydrogen-bond donors (Lipinski definition) is 0. The molecule has 0 unspecified atom stereocenters. The fourth-order valence-corrected chi connectivity index (χ4v) is 22.1. The van der Waals surface area contributed by atoms with Gasteiger partial charge in [0.25, 0.3) is 0 Å². The molecule has 9 heteroatoms. The summed E-state index contributed by atoms with van der Waals surface area (Å²) in [6.07, 6.45) is 11.1. The molecule has 0 aliphatic heterocycles. The van der Waals surface area contributed by atoms with Gasteiger partial charge in [0.15, 0.2) is 17.5 Å². The van der Waals surface area contributed by atoms with Gasteiger partial charge in [-0.25, -0.2) is 29.9 Å². The highest BCUT2D eigenvalue weighted by atomic mass is 14.9. The lowest BCUT2D eigenvalue weighted by Crippen LogP contribution is -1.97. The Kier molecular flexibility index (Phi) is 21.8. The Balaban J connectivity index is 0.000000108. The van der Waals surface area contributed by atoms with E-state index in [0.717, 1.165) is 134 Å². The van der Waals surface area contributed by atoms with Gasteiger partial charge in [-0.05, 0) is 275 Å². The molecule has 6 heterocycles. The molecule has 24 aromatic carbocycles. The molecular formula is C141H87N9. The zero-order chi connectivity index (χ0) is 99.1. The summed E-state index contributed by atoms with van der Waals surface area (Å²) in [6.45, 7) is 0. The average molecular weight is 1910 g/mol. The molecule has 30 aromatic rings. The van der Waals surface area contributed by atoms with Gasteiger partial charge in [-0.2, -0.15) is 0 Å². The van der Waals surface area contributed by atoms with Crippen molar-refractivity contribution in [2.24, 2.45) is 0 Å². The van der Waals surface area contributed by atoms with Crippen molar-refractivity contribution < 1.29 is 0 Å². The number of hydrogen-bond acceptors (Lipinski definition) is 9. The normalized spacial score (nSPS) is 11.6. The van der Waals surface area contributed by atoms with Gasteiger partial charge in [0.1, 0.15) is 0 Å². The second-order valence-corrected chi connectivity index (χ2v) is 38.7. The highest BCUT2D eigenvalue weighted by Crippen LogP contribution is 2.47. The maximum Gasteiger partial charge on any atom is 0.161 e. The first-order valence-corrected chi connectivity index (χ1v) is 50.7. The Morgan fingerprint density at radius 2 is 0.333 bits per heavy atom. The molecule has 0 fully saturated rings. The van der Waals surface area contributed by atoms with Crippen LogP contribution in [0, 0.1) is 0 Å². The molecule has 6 aromatic heterocycles. The van der Waals surface area contributed by atoms with Crippen molar-refractivity contribution in [2.75, 3.05) is 0 Å². The molecule has 0 saturated carbocycles. The largest absolute Gasteiger partial charge is 0.265 e. The topological polar surface area (TPSA) is 116 Å². The smallest absolute Gasteiger partial charge is 0.161 e. The molecule has 9 nitrogen and oxygen atoms in total. The molecule has 0 aliphatic rings. The number of rotatable bonds is 15.